The molecule has 2 rings (SSSR count). The number of piperidine rings is 1. The van der Waals surface area contributed by atoms with Gasteiger partial charge in [0.2, 0.25) is 5.91 Å². The topological polar surface area (TPSA) is 69.6 Å². The van der Waals surface area contributed by atoms with Crippen LogP contribution in [0.25, 0.3) is 0 Å². The van der Waals surface area contributed by atoms with Gasteiger partial charge >= 0.3 is 0 Å². The Bertz CT molecular complexity index is 501. The van der Waals surface area contributed by atoms with Crippen LogP contribution in [0.3, 0.4) is 0 Å². The molecule has 2 heterocycles. The van der Waals surface area contributed by atoms with Gasteiger partial charge in [-0.15, -0.1) is 11.3 Å². The molecule has 0 saturated carbocycles. The summed E-state index contributed by atoms with van der Waals surface area (Å²) in [5, 5.41) is 14.0. The van der Waals surface area contributed by atoms with Crippen molar-refractivity contribution < 1.29 is 14.7 Å². The molecule has 2 N–H and O–H groups in total. The Morgan fingerprint density at radius 2 is 2.27 bits per heavy atom. The van der Waals surface area contributed by atoms with Gasteiger partial charge in [0.05, 0.1) is 4.88 Å². The largest absolute Gasteiger partial charge is 0.396 e. The van der Waals surface area contributed by atoms with Gasteiger partial charge in [0.1, 0.15) is 6.04 Å². The summed E-state index contributed by atoms with van der Waals surface area (Å²) >= 11 is 1.37. The third-order valence-electron chi connectivity index (χ3n) is 4.05. The molecule has 122 valence electrons. The van der Waals surface area contributed by atoms with Crippen molar-refractivity contribution in [1.82, 2.24) is 10.2 Å². The first-order valence-electron chi connectivity index (χ1n) is 7.77. The van der Waals surface area contributed by atoms with Crippen molar-refractivity contribution in [2.75, 3.05) is 19.7 Å². The molecule has 0 aliphatic carbocycles. The second-order valence-electron chi connectivity index (χ2n) is 6.15. The standard InChI is InChI=1S/C16H24N2O3S/c1-11(2)14(17-15(20)13-6-4-8-22-13)16(21)18-7-3-5-12(9-18)10-19/h4,6,8,11-12,14,19H,3,5,7,9-10H2,1-2H3,(H,17,20). The van der Waals surface area contributed by atoms with Crippen LogP contribution in [0.2, 0.25) is 0 Å². The number of hydrogen-bond acceptors (Lipinski definition) is 4. The highest BCUT2D eigenvalue weighted by atomic mass is 32.1. The maximum absolute atomic E-state index is 12.7. The summed E-state index contributed by atoms with van der Waals surface area (Å²) in [5.41, 5.74) is 0. The zero-order chi connectivity index (χ0) is 16.1. The number of thiophene rings is 1. The van der Waals surface area contributed by atoms with Crippen molar-refractivity contribution in [2.45, 2.75) is 32.7 Å². The minimum absolute atomic E-state index is 0.0194. The maximum Gasteiger partial charge on any atom is 0.262 e. The normalized spacial score (nSPS) is 20.0. The highest BCUT2D eigenvalue weighted by Gasteiger charge is 2.31. The van der Waals surface area contributed by atoms with E-state index < -0.39 is 6.04 Å². The number of carbonyl (C=O) groups excluding carboxylic acids is 2. The fraction of sp³-hybridized carbons (Fsp3) is 0.625. The Kier molecular flexibility index (Phi) is 5.97. The van der Waals surface area contributed by atoms with Crippen LogP contribution in [0.15, 0.2) is 17.5 Å². The molecule has 6 heteroatoms. The SMILES string of the molecule is CC(C)C(NC(=O)c1cccs1)C(=O)N1CCCC(CO)C1. The van der Waals surface area contributed by atoms with Crippen molar-refractivity contribution in [3.05, 3.63) is 22.4 Å². The molecular formula is C16H24N2O3S. The number of aliphatic hydroxyl groups excluding tert-OH is 1. The third-order valence-corrected chi connectivity index (χ3v) is 4.92. The quantitative estimate of drug-likeness (QED) is 0.867. The van der Waals surface area contributed by atoms with Gasteiger partial charge in [0, 0.05) is 19.7 Å². The first-order chi connectivity index (χ1) is 10.5. The molecular weight excluding hydrogens is 300 g/mol. The van der Waals surface area contributed by atoms with E-state index in [9.17, 15) is 14.7 Å². The molecule has 0 bridgehead atoms. The van der Waals surface area contributed by atoms with Crippen molar-refractivity contribution >= 4 is 23.2 Å². The molecule has 0 spiro atoms. The monoisotopic (exact) mass is 324 g/mol. The van der Waals surface area contributed by atoms with E-state index in [1.807, 2.05) is 25.3 Å². The summed E-state index contributed by atoms with van der Waals surface area (Å²) < 4.78 is 0. The summed E-state index contributed by atoms with van der Waals surface area (Å²) in [7, 11) is 0. The predicted molar refractivity (Wildman–Crippen MR) is 86.8 cm³/mol. The van der Waals surface area contributed by atoms with Crippen LogP contribution in [0.4, 0.5) is 0 Å². The number of aliphatic hydroxyl groups is 1. The Hall–Kier alpha value is -1.40. The fourth-order valence-corrected chi connectivity index (χ4v) is 3.37. The van der Waals surface area contributed by atoms with Gasteiger partial charge < -0.3 is 15.3 Å². The van der Waals surface area contributed by atoms with Gasteiger partial charge in [-0.3, -0.25) is 9.59 Å². The van der Waals surface area contributed by atoms with Crippen molar-refractivity contribution in [3.63, 3.8) is 0 Å². The van der Waals surface area contributed by atoms with Crippen LogP contribution >= 0.6 is 11.3 Å². The van der Waals surface area contributed by atoms with Crippen LogP contribution in [0.1, 0.15) is 36.4 Å². The summed E-state index contributed by atoms with van der Waals surface area (Å²) in [6, 6.07) is 3.05. The molecule has 1 aromatic heterocycles. The molecule has 2 atom stereocenters. The lowest BCUT2D eigenvalue weighted by Gasteiger charge is -2.35. The van der Waals surface area contributed by atoms with Crippen LogP contribution in [0.5, 0.6) is 0 Å². The smallest absolute Gasteiger partial charge is 0.262 e. The lowest BCUT2D eigenvalue weighted by atomic mass is 9.96. The molecule has 0 aromatic carbocycles. The number of rotatable bonds is 5. The van der Waals surface area contributed by atoms with Gasteiger partial charge in [0.25, 0.3) is 5.91 Å². The molecule has 0 radical (unpaired) electrons. The number of carbonyl (C=O) groups is 2. The van der Waals surface area contributed by atoms with Crippen molar-refractivity contribution in [1.29, 1.82) is 0 Å². The summed E-state index contributed by atoms with van der Waals surface area (Å²) in [5.74, 6) is -0.0692. The third kappa shape index (κ3) is 4.08. The minimum Gasteiger partial charge on any atom is -0.396 e. The van der Waals surface area contributed by atoms with Crippen LogP contribution in [-0.2, 0) is 4.79 Å². The van der Waals surface area contributed by atoms with E-state index in [4.69, 9.17) is 0 Å². The Balaban J connectivity index is 2.03. The van der Waals surface area contributed by atoms with Crippen molar-refractivity contribution in [3.8, 4) is 0 Å². The number of amides is 2. The average Bonchev–Trinajstić information content (AvgIpc) is 3.06. The fourth-order valence-electron chi connectivity index (χ4n) is 2.74. The van der Waals surface area contributed by atoms with Crippen molar-refractivity contribution in [2.24, 2.45) is 11.8 Å². The molecule has 1 aromatic rings. The second kappa shape index (κ2) is 7.74. The summed E-state index contributed by atoms with van der Waals surface area (Å²) in [4.78, 5) is 27.4. The maximum atomic E-state index is 12.7. The van der Waals surface area contributed by atoms with Gasteiger partial charge in [-0.1, -0.05) is 19.9 Å². The van der Waals surface area contributed by atoms with Gasteiger partial charge in [0.15, 0.2) is 0 Å². The number of nitrogens with one attached hydrogen (secondary N) is 1. The first-order valence-corrected chi connectivity index (χ1v) is 8.65. The molecule has 2 unspecified atom stereocenters. The lowest BCUT2D eigenvalue weighted by Crippen LogP contribution is -2.53. The summed E-state index contributed by atoms with van der Waals surface area (Å²) in [6.07, 6.45) is 1.86. The first kappa shape index (κ1) is 17.0. The van der Waals surface area contributed by atoms with E-state index in [0.29, 0.717) is 18.0 Å². The number of nitrogens with zero attached hydrogens (tertiary/aromatic N) is 1. The molecule has 1 fully saturated rings. The highest BCUT2D eigenvalue weighted by molar-refractivity contribution is 7.12. The second-order valence-corrected chi connectivity index (χ2v) is 7.10. The number of likely N-dealkylation sites (tertiary alicyclic amines) is 1. The molecule has 22 heavy (non-hydrogen) atoms. The van der Waals surface area contributed by atoms with Gasteiger partial charge in [-0.2, -0.15) is 0 Å². The molecule has 1 saturated heterocycles. The molecule has 5 nitrogen and oxygen atoms in total. The van der Waals surface area contributed by atoms with E-state index in [2.05, 4.69) is 5.32 Å². The zero-order valence-electron chi connectivity index (χ0n) is 13.1. The summed E-state index contributed by atoms with van der Waals surface area (Å²) in [6.45, 7) is 5.26. The Morgan fingerprint density at radius 1 is 1.50 bits per heavy atom. The lowest BCUT2D eigenvalue weighted by molar-refractivity contribution is -0.136. The van der Waals surface area contributed by atoms with Crippen LogP contribution < -0.4 is 5.32 Å². The Morgan fingerprint density at radius 3 is 2.86 bits per heavy atom. The molecule has 1 aliphatic heterocycles. The average molecular weight is 324 g/mol. The predicted octanol–water partition coefficient (Wildman–Crippen LogP) is 1.73. The van der Waals surface area contributed by atoms with E-state index in [-0.39, 0.29) is 30.3 Å². The van der Waals surface area contributed by atoms with Crippen LogP contribution in [-0.4, -0.2) is 47.6 Å². The minimum atomic E-state index is -0.521. The van der Waals surface area contributed by atoms with E-state index >= 15 is 0 Å². The van der Waals surface area contributed by atoms with E-state index in [1.54, 1.807) is 11.0 Å². The molecule has 1 aliphatic rings. The molecule has 2 amide bonds. The van der Waals surface area contributed by atoms with Gasteiger partial charge in [-0.25, -0.2) is 0 Å². The van der Waals surface area contributed by atoms with E-state index in [0.717, 1.165) is 12.8 Å². The van der Waals surface area contributed by atoms with Crippen LogP contribution in [0, 0.1) is 11.8 Å². The Labute approximate surface area is 135 Å². The highest BCUT2D eigenvalue weighted by Crippen LogP contribution is 2.18. The zero-order valence-corrected chi connectivity index (χ0v) is 13.9. The van der Waals surface area contributed by atoms with Gasteiger partial charge in [-0.05, 0) is 36.1 Å². The van der Waals surface area contributed by atoms with E-state index in [1.165, 1.54) is 11.3 Å². The number of hydrogen-bond donors (Lipinski definition) is 2.